The number of aryl methyl sites for hydroxylation is 1. The fourth-order valence-electron chi connectivity index (χ4n) is 4.33. The zero-order chi connectivity index (χ0) is 24.5. The van der Waals surface area contributed by atoms with E-state index in [0.717, 1.165) is 74.3 Å². The standard InChI is InChI=1S/C26H23BrN8O/c1-2-3-6-17-14-23(35-22(30-17)11-12-29-35)28-15-16-9-10-21-20(13-16)24(27)25(36-21)18-7-4-5-8-19(18)26-31-33-34-32-26/h4-5,7-14,28H,2-3,6,15H2,1H3,(H,31,32,33,34). The van der Waals surface area contributed by atoms with Gasteiger partial charge in [0.05, 0.1) is 10.7 Å². The second kappa shape index (κ2) is 9.54. The topological polar surface area (TPSA) is 110 Å². The Balaban J connectivity index is 1.31. The van der Waals surface area contributed by atoms with Crippen LogP contribution in [0.25, 0.3) is 39.3 Å². The van der Waals surface area contributed by atoms with E-state index in [2.05, 4.69) is 72.1 Å². The molecular weight excluding hydrogens is 520 g/mol. The molecule has 0 aliphatic carbocycles. The van der Waals surface area contributed by atoms with Gasteiger partial charge in [-0.15, -0.1) is 5.10 Å². The van der Waals surface area contributed by atoms with Gasteiger partial charge in [0.15, 0.2) is 11.5 Å². The van der Waals surface area contributed by atoms with Crippen molar-refractivity contribution in [3.05, 3.63) is 76.5 Å². The van der Waals surface area contributed by atoms with Crippen LogP contribution in [0.2, 0.25) is 0 Å². The number of hydrogen-bond donors (Lipinski definition) is 2. The Kier molecular flexibility index (Phi) is 5.94. The molecule has 0 radical (unpaired) electrons. The minimum absolute atomic E-state index is 0.587. The lowest BCUT2D eigenvalue weighted by Crippen LogP contribution is -2.07. The molecule has 2 N–H and O–H groups in total. The minimum atomic E-state index is 0.587. The number of halogens is 1. The normalized spacial score (nSPS) is 11.5. The second-order valence-corrected chi connectivity index (χ2v) is 9.36. The first-order valence-electron chi connectivity index (χ1n) is 11.8. The van der Waals surface area contributed by atoms with E-state index in [1.165, 1.54) is 0 Å². The highest BCUT2D eigenvalue weighted by Gasteiger charge is 2.19. The van der Waals surface area contributed by atoms with Gasteiger partial charge in [-0.25, -0.2) is 10.1 Å². The Bertz CT molecular complexity index is 1650. The van der Waals surface area contributed by atoms with Crippen LogP contribution in [0.5, 0.6) is 0 Å². The SMILES string of the molecule is CCCCc1cc(NCc2ccc3oc(-c4ccccc4-c4nnn[nH]4)c(Br)c3c2)n2nccc2n1. The molecule has 6 aromatic rings. The Morgan fingerprint density at radius 1 is 1.08 bits per heavy atom. The third-order valence-electron chi connectivity index (χ3n) is 6.14. The van der Waals surface area contributed by atoms with Crippen molar-refractivity contribution < 1.29 is 4.42 Å². The molecule has 36 heavy (non-hydrogen) atoms. The number of H-pyrrole nitrogens is 1. The number of nitrogens with zero attached hydrogens (tertiary/aromatic N) is 6. The summed E-state index contributed by atoms with van der Waals surface area (Å²) in [6.07, 6.45) is 4.98. The average Bonchev–Trinajstić information content (AvgIpc) is 3.67. The first-order chi connectivity index (χ1) is 17.7. The molecule has 10 heteroatoms. The molecule has 0 spiro atoms. The van der Waals surface area contributed by atoms with Gasteiger partial charge >= 0.3 is 0 Å². The fourth-order valence-corrected chi connectivity index (χ4v) is 4.93. The summed E-state index contributed by atoms with van der Waals surface area (Å²) < 4.78 is 9.00. The lowest BCUT2D eigenvalue weighted by Gasteiger charge is -2.11. The van der Waals surface area contributed by atoms with E-state index < -0.39 is 0 Å². The number of nitrogens with one attached hydrogen (secondary N) is 2. The molecule has 4 aromatic heterocycles. The Labute approximate surface area is 215 Å². The maximum Gasteiger partial charge on any atom is 0.180 e. The molecule has 0 saturated heterocycles. The molecule has 0 fully saturated rings. The molecule has 2 aromatic carbocycles. The maximum atomic E-state index is 6.27. The summed E-state index contributed by atoms with van der Waals surface area (Å²) in [5.41, 5.74) is 5.61. The van der Waals surface area contributed by atoms with Gasteiger partial charge in [-0.05, 0) is 56.9 Å². The van der Waals surface area contributed by atoms with E-state index >= 15 is 0 Å². The van der Waals surface area contributed by atoms with Crippen LogP contribution < -0.4 is 5.32 Å². The van der Waals surface area contributed by atoms with Gasteiger partial charge in [-0.2, -0.15) is 9.61 Å². The minimum Gasteiger partial charge on any atom is -0.455 e. The Morgan fingerprint density at radius 3 is 2.81 bits per heavy atom. The summed E-state index contributed by atoms with van der Waals surface area (Å²) in [5, 5.41) is 23.3. The average molecular weight is 543 g/mol. The number of aromatic amines is 1. The highest BCUT2D eigenvalue weighted by Crippen LogP contribution is 2.41. The van der Waals surface area contributed by atoms with Gasteiger partial charge < -0.3 is 9.73 Å². The number of anilines is 1. The molecule has 0 aliphatic rings. The zero-order valence-electron chi connectivity index (χ0n) is 19.6. The van der Waals surface area contributed by atoms with E-state index in [9.17, 15) is 0 Å². The van der Waals surface area contributed by atoms with Gasteiger partial charge in [0, 0.05) is 40.9 Å². The highest BCUT2D eigenvalue weighted by molar-refractivity contribution is 9.10. The van der Waals surface area contributed by atoms with Gasteiger partial charge in [-0.1, -0.05) is 43.7 Å². The van der Waals surface area contributed by atoms with Gasteiger partial charge in [0.1, 0.15) is 17.2 Å². The molecule has 0 saturated carbocycles. The first-order valence-corrected chi connectivity index (χ1v) is 12.6. The van der Waals surface area contributed by atoms with Crippen molar-refractivity contribution >= 4 is 38.4 Å². The number of unbranched alkanes of at least 4 members (excludes halogenated alkanes) is 1. The summed E-state index contributed by atoms with van der Waals surface area (Å²) in [4.78, 5) is 4.73. The van der Waals surface area contributed by atoms with Crippen molar-refractivity contribution in [1.82, 2.24) is 35.2 Å². The van der Waals surface area contributed by atoms with Crippen molar-refractivity contribution in [2.24, 2.45) is 0 Å². The van der Waals surface area contributed by atoms with Gasteiger partial charge in [0.2, 0.25) is 0 Å². The summed E-state index contributed by atoms with van der Waals surface area (Å²) >= 11 is 3.78. The first kappa shape index (κ1) is 22.4. The van der Waals surface area contributed by atoms with E-state index in [-0.39, 0.29) is 0 Å². The van der Waals surface area contributed by atoms with Gasteiger partial charge in [0.25, 0.3) is 0 Å². The number of fused-ring (bicyclic) bond motifs is 2. The third kappa shape index (κ3) is 4.13. The summed E-state index contributed by atoms with van der Waals surface area (Å²) in [6, 6.07) is 18.1. The van der Waals surface area contributed by atoms with Crippen molar-refractivity contribution in [3.63, 3.8) is 0 Å². The number of hydrogen-bond acceptors (Lipinski definition) is 7. The lowest BCUT2D eigenvalue weighted by atomic mass is 10.0. The van der Waals surface area contributed by atoms with Crippen LogP contribution in [0.3, 0.4) is 0 Å². The van der Waals surface area contributed by atoms with Crippen LogP contribution in [-0.2, 0) is 13.0 Å². The number of furan rings is 1. The number of benzene rings is 2. The second-order valence-electron chi connectivity index (χ2n) is 8.56. The Morgan fingerprint density at radius 2 is 1.97 bits per heavy atom. The molecule has 0 atom stereocenters. The van der Waals surface area contributed by atoms with Crippen LogP contribution >= 0.6 is 15.9 Å². The molecule has 4 heterocycles. The van der Waals surface area contributed by atoms with Crippen LogP contribution in [0, 0.1) is 0 Å². The summed E-state index contributed by atoms with van der Waals surface area (Å²) in [5.74, 6) is 2.25. The van der Waals surface area contributed by atoms with Gasteiger partial charge in [-0.3, -0.25) is 0 Å². The van der Waals surface area contributed by atoms with Crippen LogP contribution in [0.1, 0.15) is 31.0 Å². The molecular formula is C26H23BrN8O. The largest absolute Gasteiger partial charge is 0.455 e. The van der Waals surface area contributed by atoms with E-state index in [1.54, 1.807) is 6.20 Å². The molecule has 0 bridgehead atoms. The van der Waals surface area contributed by atoms with E-state index in [0.29, 0.717) is 12.4 Å². The van der Waals surface area contributed by atoms with Crippen molar-refractivity contribution in [1.29, 1.82) is 0 Å². The molecule has 0 amide bonds. The molecule has 0 unspecified atom stereocenters. The molecule has 9 nitrogen and oxygen atoms in total. The van der Waals surface area contributed by atoms with E-state index in [1.807, 2.05) is 40.9 Å². The van der Waals surface area contributed by atoms with E-state index in [4.69, 9.17) is 9.40 Å². The van der Waals surface area contributed by atoms with Crippen LogP contribution in [-0.4, -0.2) is 35.2 Å². The molecule has 6 rings (SSSR count). The van der Waals surface area contributed by atoms with Crippen molar-refractivity contribution in [2.75, 3.05) is 5.32 Å². The number of aromatic nitrogens is 7. The molecule has 180 valence electrons. The summed E-state index contributed by atoms with van der Waals surface area (Å²) in [6.45, 7) is 2.82. The highest BCUT2D eigenvalue weighted by atomic mass is 79.9. The fraction of sp³-hybridized carbons (Fsp3) is 0.192. The Hall–Kier alpha value is -4.05. The van der Waals surface area contributed by atoms with Crippen LogP contribution in [0.4, 0.5) is 5.82 Å². The van der Waals surface area contributed by atoms with Crippen molar-refractivity contribution in [3.8, 4) is 22.7 Å². The van der Waals surface area contributed by atoms with Crippen LogP contribution in [0.15, 0.2) is 69.7 Å². The molecule has 0 aliphatic heterocycles. The predicted octanol–water partition coefficient (Wildman–Crippen LogP) is 6.04. The van der Waals surface area contributed by atoms with Crippen molar-refractivity contribution in [2.45, 2.75) is 32.7 Å². The lowest BCUT2D eigenvalue weighted by molar-refractivity contribution is 0.630. The number of tetrazole rings is 1. The monoisotopic (exact) mass is 542 g/mol. The summed E-state index contributed by atoms with van der Waals surface area (Å²) in [7, 11) is 0. The third-order valence-corrected chi connectivity index (χ3v) is 6.92. The quantitative estimate of drug-likeness (QED) is 0.241. The number of rotatable bonds is 8. The predicted molar refractivity (Wildman–Crippen MR) is 141 cm³/mol. The smallest absolute Gasteiger partial charge is 0.180 e. The zero-order valence-corrected chi connectivity index (χ0v) is 21.2. The maximum absolute atomic E-state index is 6.27.